The Morgan fingerprint density at radius 1 is 1.19 bits per heavy atom. The van der Waals surface area contributed by atoms with Crippen LogP contribution in [-0.2, 0) is 4.74 Å². The molecule has 1 saturated heterocycles. The zero-order valence-corrected chi connectivity index (χ0v) is 18.6. The number of aromatic nitrogens is 3. The number of aryl methyl sites for hydroxylation is 1. The van der Waals surface area contributed by atoms with Gasteiger partial charge in [0.05, 0.1) is 59.3 Å². The van der Waals surface area contributed by atoms with Crippen molar-refractivity contribution in [1.29, 1.82) is 0 Å². The smallest absolute Gasteiger partial charge is 0.254 e. The lowest BCUT2D eigenvalue weighted by Gasteiger charge is -2.32. The topological polar surface area (TPSA) is 77.4 Å². The van der Waals surface area contributed by atoms with Gasteiger partial charge in [-0.25, -0.2) is 9.97 Å². The summed E-state index contributed by atoms with van der Waals surface area (Å²) in [7, 11) is 1.64. The number of ether oxygens (including phenoxy) is 2. The van der Waals surface area contributed by atoms with Crippen LogP contribution in [0.25, 0.3) is 21.5 Å². The summed E-state index contributed by atoms with van der Waals surface area (Å²) in [4.78, 5) is 28.6. The molecule has 1 amide bonds. The van der Waals surface area contributed by atoms with Crippen LogP contribution in [-0.4, -0.2) is 52.6 Å². The van der Waals surface area contributed by atoms with E-state index in [4.69, 9.17) is 14.5 Å². The molecular formula is C24H22N4O3S. The van der Waals surface area contributed by atoms with Gasteiger partial charge in [0.1, 0.15) is 11.9 Å². The van der Waals surface area contributed by atoms with Crippen LogP contribution in [0, 0.1) is 6.92 Å². The van der Waals surface area contributed by atoms with Crippen molar-refractivity contribution in [2.45, 2.75) is 13.0 Å². The fourth-order valence-electron chi connectivity index (χ4n) is 3.83. The molecule has 0 N–H and O–H groups in total. The first kappa shape index (κ1) is 20.5. The summed E-state index contributed by atoms with van der Waals surface area (Å²) in [6.45, 7) is 3.38. The molecule has 3 heterocycles. The van der Waals surface area contributed by atoms with Crippen molar-refractivity contribution in [2.24, 2.45) is 0 Å². The first-order chi connectivity index (χ1) is 15.6. The van der Waals surface area contributed by atoms with Gasteiger partial charge in [0.2, 0.25) is 0 Å². The quantitative estimate of drug-likeness (QED) is 0.466. The monoisotopic (exact) mass is 446 g/mol. The Balaban J connectivity index is 1.37. The van der Waals surface area contributed by atoms with Crippen molar-refractivity contribution in [1.82, 2.24) is 19.9 Å². The van der Waals surface area contributed by atoms with Crippen LogP contribution in [0.1, 0.15) is 27.2 Å². The van der Waals surface area contributed by atoms with Gasteiger partial charge in [0, 0.05) is 17.7 Å². The maximum atomic E-state index is 13.2. The van der Waals surface area contributed by atoms with Crippen molar-refractivity contribution in [3.8, 4) is 17.0 Å². The highest BCUT2D eigenvalue weighted by molar-refractivity contribution is 7.18. The van der Waals surface area contributed by atoms with Crippen LogP contribution in [0.4, 0.5) is 0 Å². The molecule has 7 nitrogen and oxygen atoms in total. The Hall–Kier alpha value is -3.36. The molecule has 0 saturated carbocycles. The van der Waals surface area contributed by atoms with Gasteiger partial charge in [0.15, 0.2) is 0 Å². The Kier molecular flexibility index (Phi) is 5.55. The molecule has 32 heavy (non-hydrogen) atoms. The van der Waals surface area contributed by atoms with Gasteiger partial charge >= 0.3 is 0 Å². The van der Waals surface area contributed by atoms with E-state index in [1.165, 1.54) is 0 Å². The van der Waals surface area contributed by atoms with Gasteiger partial charge in [-0.15, -0.1) is 11.3 Å². The van der Waals surface area contributed by atoms with Gasteiger partial charge in [-0.2, -0.15) is 0 Å². The van der Waals surface area contributed by atoms with E-state index in [1.54, 1.807) is 30.8 Å². The molecule has 4 aromatic rings. The maximum Gasteiger partial charge on any atom is 0.254 e. The summed E-state index contributed by atoms with van der Waals surface area (Å²) in [5.74, 6) is 0.747. The molecule has 2 aromatic heterocycles. The van der Waals surface area contributed by atoms with Crippen LogP contribution >= 0.6 is 11.3 Å². The van der Waals surface area contributed by atoms with Crippen LogP contribution in [0.2, 0.25) is 0 Å². The number of hydrogen-bond acceptors (Lipinski definition) is 7. The largest absolute Gasteiger partial charge is 0.497 e. The molecule has 1 aliphatic rings. The van der Waals surface area contributed by atoms with Crippen LogP contribution in [0.3, 0.4) is 0 Å². The highest BCUT2D eigenvalue weighted by Gasteiger charge is 2.27. The molecule has 162 valence electrons. The number of carbonyl (C=O) groups is 1. The number of methoxy groups -OCH3 is 1. The van der Waals surface area contributed by atoms with Crippen molar-refractivity contribution in [3.05, 3.63) is 71.1 Å². The van der Waals surface area contributed by atoms with Crippen molar-refractivity contribution >= 4 is 27.5 Å². The minimum atomic E-state index is -0.333. The molecule has 1 atom stereocenters. The number of carbonyl (C=O) groups excluding carboxylic acids is 1. The van der Waals surface area contributed by atoms with Crippen molar-refractivity contribution < 1.29 is 14.3 Å². The summed E-state index contributed by atoms with van der Waals surface area (Å²) in [5.41, 5.74) is 3.94. The minimum absolute atomic E-state index is 0.0110. The van der Waals surface area contributed by atoms with Crippen LogP contribution in [0.5, 0.6) is 5.75 Å². The van der Waals surface area contributed by atoms with Crippen molar-refractivity contribution in [3.63, 3.8) is 0 Å². The lowest BCUT2D eigenvalue weighted by molar-refractivity contribution is -0.0248. The second-order valence-electron chi connectivity index (χ2n) is 7.59. The third-order valence-corrected chi connectivity index (χ3v) is 6.38. The number of benzene rings is 2. The highest BCUT2D eigenvalue weighted by atomic mass is 32.1. The number of morpholine rings is 1. The Morgan fingerprint density at radius 2 is 2.09 bits per heavy atom. The third-order valence-electron chi connectivity index (χ3n) is 5.44. The highest BCUT2D eigenvalue weighted by Crippen LogP contribution is 2.27. The molecule has 1 fully saturated rings. The average Bonchev–Trinajstić information content (AvgIpc) is 3.23. The number of amides is 1. The van der Waals surface area contributed by atoms with Crippen LogP contribution < -0.4 is 4.74 Å². The van der Waals surface area contributed by atoms with Gasteiger partial charge < -0.3 is 14.4 Å². The third kappa shape index (κ3) is 4.06. The fraction of sp³-hybridized carbons (Fsp3) is 0.250. The first-order valence-electron chi connectivity index (χ1n) is 10.3. The molecule has 8 heteroatoms. The molecule has 0 bridgehead atoms. The summed E-state index contributed by atoms with van der Waals surface area (Å²) in [5, 5.41) is 0.991. The zero-order valence-electron chi connectivity index (χ0n) is 17.8. The average molecular weight is 447 g/mol. The van der Waals surface area contributed by atoms with E-state index < -0.39 is 0 Å². The molecular weight excluding hydrogens is 424 g/mol. The molecule has 0 radical (unpaired) electrons. The standard InChI is InChI=1S/C24H22N4O3S/c1-15-26-19-7-6-17(11-23(19)32-15)24(29)28-8-9-31-22(14-28)21-13-25-12-20(27-21)16-4-3-5-18(10-16)30-2/h3-7,10-13,22H,8-9,14H2,1-2H3. The molecule has 0 spiro atoms. The van der Waals surface area contributed by atoms with Crippen LogP contribution in [0.15, 0.2) is 54.9 Å². The Morgan fingerprint density at radius 3 is 2.97 bits per heavy atom. The van der Waals surface area contributed by atoms with E-state index in [0.29, 0.717) is 31.0 Å². The zero-order chi connectivity index (χ0) is 22.1. The van der Waals surface area contributed by atoms with E-state index in [9.17, 15) is 4.79 Å². The maximum absolute atomic E-state index is 13.2. The van der Waals surface area contributed by atoms with Crippen molar-refractivity contribution in [2.75, 3.05) is 26.8 Å². The summed E-state index contributed by atoms with van der Waals surface area (Å²) in [6, 6.07) is 13.4. The van der Waals surface area contributed by atoms with E-state index in [0.717, 1.165) is 32.2 Å². The predicted octanol–water partition coefficient (Wildman–Crippen LogP) is 4.28. The summed E-state index contributed by atoms with van der Waals surface area (Å²) in [6.07, 6.45) is 3.09. The lowest BCUT2D eigenvalue weighted by atomic mass is 10.1. The normalized spacial score (nSPS) is 16.3. The molecule has 5 rings (SSSR count). The minimum Gasteiger partial charge on any atom is -0.497 e. The predicted molar refractivity (Wildman–Crippen MR) is 123 cm³/mol. The van der Waals surface area contributed by atoms with Gasteiger partial charge in [-0.05, 0) is 37.3 Å². The number of hydrogen-bond donors (Lipinski definition) is 0. The van der Waals surface area contributed by atoms with E-state index in [1.807, 2.05) is 54.3 Å². The van der Waals surface area contributed by atoms with E-state index in [-0.39, 0.29) is 12.0 Å². The molecule has 1 aliphatic heterocycles. The lowest BCUT2D eigenvalue weighted by Crippen LogP contribution is -2.42. The first-order valence-corrected chi connectivity index (χ1v) is 11.2. The Bertz CT molecular complexity index is 1290. The second kappa shape index (κ2) is 8.64. The van der Waals surface area contributed by atoms with E-state index in [2.05, 4.69) is 9.97 Å². The number of rotatable bonds is 4. The van der Waals surface area contributed by atoms with Gasteiger partial charge in [0.25, 0.3) is 5.91 Å². The number of nitrogens with zero attached hydrogens (tertiary/aromatic N) is 4. The number of thiazole rings is 1. The Labute approximate surface area is 189 Å². The molecule has 2 aromatic carbocycles. The summed E-state index contributed by atoms with van der Waals surface area (Å²) >= 11 is 1.60. The summed E-state index contributed by atoms with van der Waals surface area (Å²) < 4.78 is 12.3. The SMILES string of the molecule is COc1cccc(-c2cncc(C3CN(C(=O)c4ccc5nc(C)sc5c4)CCO3)n2)c1. The van der Waals surface area contributed by atoms with Gasteiger partial charge in [-0.3, -0.25) is 9.78 Å². The van der Waals surface area contributed by atoms with E-state index >= 15 is 0 Å². The fourth-order valence-corrected chi connectivity index (χ4v) is 4.69. The number of fused-ring (bicyclic) bond motifs is 1. The molecule has 1 unspecified atom stereocenters. The second-order valence-corrected chi connectivity index (χ2v) is 8.82. The van der Waals surface area contributed by atoms with Gasteiger partial charge in [-0.1, -0.05) is 12.1 Å². The molecule has 0 aliphatic carbocycles.